The molecule has 100 valence electrons. The van der Waals surface area contributed by atoms with Gasteiger partial charge in [0, 0.05) is 25.4 Å². The van der Waals surface area contributed by atoms with E-state index in [1.807, 2.05) is 38.2 Å². The van der Waals surface area contributed by atoms with Gasteiger partial charge in [-0.1, -0.05) is 6.07 Å². The molecule has 19 heavy (non-hydrogen) atoms. The molecule has 0 unspecified atom stereocenters. The van der Waals surface area contributed by atoms with Gasteiger partial charge in [0.15, 0.2) is 0 Å². The molecule has 2 rings (SSSR count). The molecular formula is C14H19N5. The zero-order chi connectivity index (χ0) is 13.7. The standard InChI is InChI=1S/C14H19N5/c1-4-19(9-12-7-5-6-11(2)18-12)14-8-13(15-3)16-10-17-14/h5-8,10H,4,9H2,1-3H3,(H,15,16,17). The van der Waals surface area contributed by atoms with Gasteiger partial charge in [-0.05, 0) is 26.0 Å². The van der Waals surface area contributed by atoms with E-state index >= 15 is 0 Å². The van der Waals surface area contributed by atoms with Crippen molar-refractivity contribution in [2.45, 2.75) is 20.4 Å². The molecule has 0 amide bonds. The van der Waals surface area contributed by atoms with Crippen LogP contribution >= 0.6 is 0 Å². The molecule has 0 aliphatic carbocycles. The first-order valence-electron chi connectivity index (χ1n) is 6.40. The number of pyridine rings is 1. The van der Waals surface area contributed by atoms with Crippen molar-refractivity contribution in [3.63, 3.8) is 0 Å². The molecule has 0 atom stereocenters. The normalized spacial score (nSPS) is 10.3. The van der Waals surface area contributed by atoms with Crippen LogP contribution in [0.4, 0.5) is 11.6 Å². The molecule has 0 radical (unpaired) electrons. The van der Waals surface area contributed by atoms with Crippen molar-refractivity contribution in [2.24, 2.45) is 0 Å². The van der Waals surface area contributed by atoms with E-state index in [1.54, 1.807) is 6.33 Å². The maximum atomic E-state index is 4.53. The fourth-order valence-electron chi connectivity index (χ4n) is 1.89. The van der Waals surface area contributed by atoms with Crippen LogP contribution in [0.15, 0.2) is 30.6 Å². The average molecular weight is 257 g/mol. The number of hydrogen-bond acceptors (Lipinski definition) is 5. The maximum Gasteiger partial charge on any atom is 0.134 e. The summed E-state index contributed by atoms with van der Waals surface area (Å²) in [5.41, 5.74) is 2.08. The van der Waals surface area contributed by atoms with Gasteiger partial charge in [-0.15, -0.1) is 0 Å². The maximum absolute atomic E-state index is 4.53. The van der Waals surface area contributed by atoms with Crippen molar-refractivity contribution in [3.05, 3.63) is 42.0 Å². The summed E-state index contributed by atoms with van der Waals surface area (Å²) < 4.78 is 0. The monoisotopic (exact) mass is 257 g/mol. The van der Waals surface area contributed by atoms with Gasteiger partial charge in [0.2, 0.25) is 0 Å². The molecule has 2 aromatic rings. The van der Waals surface area contributed by atoms with Gasteiger partial charge in [0.1, 0.15) is 18.0 Å². The number of aromatic nitrogens is 3. The Morgan fingerprint density at radius 2 is 2.11 bits per heavy atom. The van der Waals surface area contributed by atoms with Crippen LogP contribution in [0.3, 0.4) is 0 Å². The Morgan fingerprint density at radius 3 is 2.79 bits per heavy atom. The van der Waals surface area contributed by atoms with E-state index in [0.717, 1.165) is 36.1 Å². The number of rotatable bonds is 5. The van der Waals surface area contributed by atoms with E-state index in [4.69, 9.17) is 0 Å². The summed E-state index contributed by atoms with van der Waals surface area (Å²) in [5, 5.41) is 3.03. The van der Waals surface area contributed by atoms with Crippen molar-refractivity contribution >= 4 is 11.6 Å². The summed E-state index contributed by atoms with van der Waals surface area (Å²) in [6.07, 6.45) is 1.58. The molecule has 5 nitrogen and oxygen atoms in total. The van der Waals surface area contributed by atoms with Crippen LogP contribution in [0.25, 0.3) is 0 Å². The lowest BCUT2D eigenvalue weighted by molar-refractivity contribution is 0.788. The van der Waals surface area contributed by atoms with Crippen LogP contribution in [0.1, 0.15) is 18.3 Å². The summed E-state index contributed by atoms with van der Waals surface area (Å²) in [5.74, 6) is 1.73. The van der Waals surface area contributed by atoms with Crippen LogP contribution in [-0.4, -0.2) is 28.5 Å². The Labute approximate surface area is 113 Å². The Morgan fingerprint density at radius 1 is 1.26 bits per heavy atom. The van der Waals surface area contributed by atoms with E-state index in [1.165, 1.54) is 0 Å². The second-order valence-electron chi connectivity index (χ2n) is 4.30. The number of anilines is 2. The van der Waals surface area contributed by atoms with Gasteiger partial charge in [0.05, 0.1) is 12.2 Å². The predicted octanol–water partition coefficient (Wildman–Crippen LogP) is 2.25. The van der Waals surface area contributed by atoms with Gasteiger partial charge in [-0.2, -0.15) is 0 Å². The molecule has 0 aromatic carbocycles. The Kier molecular flexibility index (Phi) is 4.28. The molecule has 0 bridgehead atoms. The molecule has 0 spiro atoms. The summed E-state index contributed by atoms with van der Waals surface area (Å²) >= 11 is 0. The first kappa shape index (κ1) is 13.3. The highest BCUT2D eigenvalue weighted by Crippen LogP contribution is 2.15. The average Bonchev–Trinajstić information content (AvgIpc) is 2.45. The molecule has 2 heterocycles. The fraction of sp³-hybridized carbons (Fsp3) is 0.357. The summed E-state index contributed by atoms with van der Waals surface area (Å²) in [4.78, 5) is 15.2. The van der Waals surface area contributed by atoms with Crippen LogP contribution in [0, 0.1) is 6.92 Å². The van der Waals surface area contributed by atoms with Crippen LogP contribution < -0.4 is 10.2 Å². The number of nitrogens with one attached hydrogen (secondary N) is 1. The third kappa shape index (κ3) is 3.40. The van der Waals surface area contributed by atoms with Crippen LogP contribution in [0.2, 0.25) is 0 Å². The molecular weight excluding hydrogens is 238 g/mol. The SMILES string of the molecule is CCN(Cc1cccc(C)n1)c1cc(NC)ncn1. The van der Waals surface area contributed by atoms with E-state index in [-0.39, 0.29) is 0 Å². The lowest BCUT2D eigenvalue weighted by atomic mass is 10.3. The molecule has 0 saturated carbocycles. The molecule has 0 fully saturated rings. The first-order chi connectivity index (χ1) is 9.22. The van der Waals surface area contributed by atoms with Gasteiger partial charge in [0.25, 0.3) is 0 Å². The number of aryl methyl sites for hydroxylation is 1. The minimum atomic E-state index is 0.748. The highest BCUT2D eigenvalue weighted by Gasteiger charge is 2.08. The fourth-order valence-corrected chi connectivity index (χ4v) is 1.89. The topological polar surface area (TPSA) is 53.9 Å². The molecule has 2 aromatic heterocycles. The van der Waals surface area contributed by atoms with E-state index in [0.29, 0.717) is 0 Å². The molecule has 0 aliphatic rings. The van der Waals surface area contributed by atoms with E-state index in [9.17, 15) is 0 Å². The largest absolute Gasteiger partial charge is 0.373 e. The Hall–Kier alpha value is -2.17. The lowest BCUT2D eigenvalue weighted by Gasteiger charge is -2.21. The lowest BCUT2D eigenvalue weighted by Crippen LogP contribution is -2.24. The molecule has 1 N–H and O–H groups in total. The van der Waals surface area contributed by atoms with E-state index in [2.05, 4.69) is 32.1 Å². The Bertz CT molecular complexity index is 541. The van der Waals surface area contributed by atoms with Crippen molar-refractivity contribution in [1.82, 2.24) is 15.0 Å². The zero-order valence-electron chi connectivity index (χ0n) is 11.6. The quantitative estimate of drug-likeness (QED) is 0.890. The summed E-state index contributed by atoms with van der Waals surface area (Å²) in [7, 11) is 1.85. The minimum absolute atomic E-state index is 0.748. The summed E-state index contributed by atoms with van der Waals surface area (Å²) in [6, 6.07) is 8.02. The number of hydrogen-bond donors (Lipinski definition) is 1. The summed E-state index contributed by atoms with van der Waals surface area (Å²) in [6.45, 7) is 5.73. The van der Waals surface area contributed by atoms with Crippen molar-refractivity contribution in [2.75, 3.05) is 23.8 Å². The van der Waals surface area contributed by atoms with E-state index < -0.39 is 0 Å². The van der Waals surface area contributed by atoms with Crippen molar-refractivity contribution in [1.29, 1.82) is 0 Å². The second-order valence-corrected chi connectivity index (χ2v) is 4.30. The molecule has 0 aliphatic heterocycles. The molecule has 5 heteroatoms. The predicted molar refractivity (Wildman–Crippen MR) is 77.3 cm³/mol. The third-order valence-corrected chi connectivity index (χ3v) is 2.91. The smallest absolute Gasteiger partial charge is 0.134 e. The van der Waals surface area contributed by atoms with Crippen molar-refractivity contribution in [3.8, 4) is 0 Å². The number of nitrogens with zero attached hydrogens (tertiary/aromatic N) is 4. The zero-order valence-corrected chi connectivity index (χ0v) is 11.6. The van der Waals surface area contributed by atoms with Crippen molar-refractivity contribution < 1.29 is 0 Å². The van der Waals surface area contributed by atoms with Gasteiger partial charge in [-0.25, -0.2) is 9.97 Å². The van der Waals surface area contributed by atoms with Crippen LogP contribution in [-0.2, 0) is 6.54 Å². The second kappa shape index (κ2) is 6.13. The first-order valence-corrected chi connectivity index (χ1v) is 6.40. The Balaban J connectivity index is 2.19. The third-order valence-electron chi connectivity index (χ3n) is 2.91. The minimum Gasteiger partial charge on any atom is -0.373 e. The van der Waals surface area contributed by atoms with Crippen LogP contribution in [0.5, 0.6) is 0 Å². The van der Waals surface area contributed by atoms with Gasteiger partial charge >= 0.3 is 0 Å². The van der Waals surface area contributed by atoms with Gasteiger partial charge < -0.3 is 10.2 Å². The highest BCUT2D eigenvalue weighted by atomic mass is 15.2. The molecule has 0 saturated heterocycles. The van der Waals surface area contributed by atoms with Gasteiger partial charge in [-0.3, -0.25) is 4.98 Å². The highest BCUT2D eigenvalue weighted by molar-refractivity contribution is 5.48.